The van der Waals surface area contributed by atoms with Gasteiger partial charge in [-0.15, -0.1) is 0 Å². The minimum Gasteiger partial charge on any atom is -0.360 e. The first-order valence-corrected chi connectivity index (χ1v) is 4.63. The van der Waals surface area contributed by atoms with Crippen LogP contribution in [-0.2, 0) is 0 Å². The Morgan fingerprint density at radius 2 is 2.07 bits per heavy atom. The van der Waals surface area contributed by atoms with Gasteiger partial charge in [-0.25, -0.2) is 4.39 Å². The maximum absolute atomic E-state index is 13.4. The molecule has 0 fully saturated rings. The van der Waals surface area contributed by atoms with Crippen molar-refractivity contribution in [2.45, 2.75) is 0 Å². The lowest BCUT2D eigenvalue weighted by Gasteiger charge is -1.98. The van der Waals surface area contributed by atoms with Crippen LogP contribution >= 0.6 is 0 Å². The van der Waals surface area contributed by atoms with Crippen LogP contribution < -0.4 is 0 Å². The summed E-state index contributed by atoms with van der Waals surface area (Å²) in [4.78, 5) is 13.9. The van der Waals surface area contributed by atoms with E-state index in [2.05, 4.69) is 4.98 Å². The number of nitrogens with one attached hydrogen (secondary N) is 1. The van der Waals surface area contributed by atoms with Crippen molar-refractivity contribution in [2.24, 2.45) is 0 Å². The predicted molar refractivity (Wildman–Crippen MR) is 59.1 cm³/mol. The second kappa shape index (κ2) is 3.73. The average molecular weight is 201 g/mol. The van der Waals surface area contributed by atoms with E-state index >= 15 is 0 Å². The molecule has 2 nitrogen and oxygen atoms in total. The largest absolute Gasteiger partial charge is 0.360 e. The Bertz CT molecular complexity index is 507. The number of aromatic amines is 1. The number of hydrogen-bond acceptors (Lipinski definition) is 1. The van der Waals surface area contributed by atoms with Crippen molar-refractivity contribution in [3.8, 4) is 11.3 Å². The summed E-state index contributed by atoms with van der Waals surface area (Å²) in [6.07, 6.45) is 1.59. The lowest BCUT2D eigenvalue weighted by molar-refractivity contribution is 0.108. The molecule has 2 aromatic rings. The Morgan fingerprint density at radius 1 is 1.33 bits per heavy atom. The molecule has 0 unspecified atom stereocenters. The highest BCUT2D eigenvalue weighted by Gasteiger charge is 2.08. The van der Waals surface area contributed by atoms with E-state index in [1.807, 2.05) is 0 Å². The van der Waals surface area contributed by atoms with Gasteiger partial charge in [-0.3, -0.25) is 0 Å². The monoisotopic (exact) mass is 201 g/mol. The number of aromatic nitrogens is 1. The van der Waals surface area contributed by atoms with Crippen LogP contribution in [0.3, 0.4) is 0 Å². The number of benzene rings is 1. The zero-order valence-electron chi connectivity index (χ0n) is 8.25. The van der Waals surface area contributed by atoms with Crippen molar-refractivity contribution < 1.29 is 9.18 Å². The van der Waals surface area contributed by atoms with Crippen molar-refractivity contribution in [3.63, 3.8) is 0 Å². The Hall–Kier alpha value is -1.84. The Labute approximate surface area is 87.5 Å². The Balaban J connectivity index is 2.46. The van der Waals surface area contributed by atoms with Gasteiger partial charge in [0, 0.05) is 23.0 Å². The van der Waals surface area contributed by atoms with Gasteiger partial charge in [-0.1, -0.05) is 12.1 Å². The summed E-state index contributed by atoms with van der Waals surface area (Å²) in [6, 6.07) is 8.11. The van der Waals surface area contributed by atoms with E-state index in [4.69, 9.17) is 0 Å². The van der Waals surface area contributed by atoms with Crippen molar-refractivity contribution >= 4 is 13.5 Å². The molecular formula is C11H9BFNO. The fourth-order valence-electron chi connectivity index (χ4n) is 1.43. The van der Waals surface area contributed by atoms with Gasteiger partial charge in [0.15, 0.2) is 7.85 Å². The number of carbonyl (C=O) groups excluding carboxylic acids is 1. The predicted octanol–water partition coefficient (Wildman–Crippen LogP) is 1.59. The summed E-state index contributed by atoms with van der Waals surface area (Å²) in [5, 5.41) is 0. The third kappa shape index (κ3) is 1.84. The molecule has 1 N–H and O–H groups in total. The van der Waals surface area contributed by atoms with Gasteiger partial charge in [0.25, 0.3) is 0 Å². The van der Waals surface area contributed by atoms with E-state index in [-0.39, 0.29) is 11.5 Å². The van der Waals surface area contributed by atoms with E-state index < -0.39 is 0 Å². The summed E-state index contributed by atoms with van der Waals surface area (Å²) in [5.74, 6) is -0.297. The second-order valence-electron chi connectivity index (χ2n) is 3.34. The van der Waals surface area contributed by atoms with E-state index in [1.54, 1.807) is 30.5 Å². The van der Waals surface area contributed by atoms with Crippen LogP contribution in [0.15, 0.2) is 36.5 Å². The summed E-state index contributed by atoms with van der Waals surface area (Å²) >= 11 is 0. The Kier molecular flexibility index (Phi) is 2.41. The molecule has 0 aliphatic carbocycles. The molecule has 1 aromatic carbocycles. The molecule has 0 saturated heterocycles. The average Bonchev–Trinajstić information content (AvgIpc) is 2.67. The molecule has 15 heavy (non-hydrogen) atoms. The van der Waals surface area contributed by atoms with E-state index in [1.165, 1.54) is 13.9 Å². The highest BCUT2D eigenvalue weighted by molar-refractivity contribution is 6.62. The molecule has 1 heterocycles. The number of hydrogen-bond donors (Lipinski definition) is 1. The van der Waals surface area contributed by atoms with Crippen LogP contribution in [0.25, 0.3) is 11.3 Å². The van der Waals surface area contributed by atoms with Gasteiger partial charge in [0.05, 0.1) is 0 Å². The summed E-state index contributed by atoms with van der Waals surface area (Å²) in [7, 11) is 1.48. The van der Waals surface area contributed by atoms with Gasteiger partial charge in [0.2, 0.25) is 0 Å². The number of rotatable bonds is 2. The lowest BCUT2D eigenvalue weighted by Crippen LogP contribution is -1.93. The zero-order valence-corrected chi connectivity index (χ0v) is 8.25. The third-order valence-corrected chi connectivity index (χ3v) is 2.25. The normalized spacial score (nSPS) is 10.2. The first kappa shape index (κ1) is 9.71. The van der Waals surface area contributed by atoms with Crippen LogP contribution in [0.5, 0.6) is 0 Å². The molecule has 74 valence electrons. The lowest BCUT2D eigenvalue weighted by atomic mass is 9.96. The molecule has 0 spiro atoms. The van der Waals surface area contributed by atoms with Crippen molar-refractivity contribution in [1.82, 2.24) is 4.98 Å². The molecule has 0 bridgehead atoms. The first-order valence-electron chi connectivity index (χ1n) is 4.63. The van der Waals surface area contributed by atoms with Gasteiger partial charge >= 0.3 is 0 Å². The molecule has 2 rings (SSSR count). The summed E-state index contributed by atoms with van der Waals surface area (Å²) < 4.78 is 13.4. The quantitative estimate of drug-likeness (QED) is 0.735. The maximum atomic E-state index is 13.4. The van der Waals surface area contributed by atoms with Gasteiger partial charge < -0.3 is 9.78 Å². The number of halogens is 1. The van der Waals surface area contributed by atoms with Crippen LogP contribution in [0, 0.1) is 5.82 Å². The number of carbonyl (C=O) groups is 1. The molecule has 0 radical (unpaired) electrons. The van der Waals surface area contributed by atoms with Crippen molar-refractivity contribution in [3.05, 3.63) is 47.9 Å². The van der Waals surface area contributed by atoms with Gasteiger partial charge in [-0.05, 0) is 18.2 Å². The highest BCUT2D eigenvalue weighted by atomic mass is 19.1. The fourth-order valence-corrected chi connectivity index (χ4v) is 1.43. The molecule has 0 atom stereocenters. The molecule has 0 aliphatic rings. The smallest absolute Gasteiger partial charge is 0.193 e. The van der Waals surface area contributed by atoms with Crippen LogP contribution in [0.4, 0.5) is 4.39 Å². The molecular weight excluding hydrogens is 192 g/mol. The van der Waals surface area contributed by atoms with Crippen LogP contribution in [0.1, 0.15) is 10.4 Å². The molecule has 1 aromatic heterocycles. The highest BCUT2D eigenvalue weighted by Crippen LogP contribution is 2.21. The fraction of sp³-hybridized carbons (Fsp3) is 0. The van der Waals surface area contributed by atoms with E-state index in [0.717, 1.165) is 0 Å². The summed E-state index contributed by atoms with van der Waals surface area (Å²) in [6.45, 7) is 0. The number of H-pyrrole nitrogens is 1. The van der Waals surface area contributed by atoms with Crippen LogP contribution in [-0.4, -0.2) is 18.5 Å². The summed E-state index contributed by atoms with van der Waals surface area (Å²) in [5.41, 5.74) is 1.63. The third-order valence-electron chi connectivity index (χ3n) is 2.25. The van der Waals surface area contributed by atoms with Crippen molar-refractivity contribution in [2.75, 3.05) is 0 Å². The minimum absolute atomic E-state index is 0.0335. The van der Waals surface area contributed by atoms with E-state index in [0.29, 0.717) is 16.8 Å². The van der Waals surface area contributed by atoms with Gasteiger partial charge in [-0.2, -0.15) is 0 Å². The minimum atomic E-state index is -0.297. The Morgan fingerprint density at radius 3 is 2.67 bits per heavy atom. The SMILES string of the molecule is BC(=O)c1c[nH]c(-c2ccccc2F)c1. The molecule has 4 heteroatoms. The first-order chi connectivity index (χ1) is 7.18. The second-order valence-corrected chi connectivity index (χ2v) is 3.34. The molecule has 0 amide bonds. The maximum Gasteiger partial charge on any atom is 0.193 e. The zero-order chi connectivity index (χ0) is 10.8. The van der Waals surface area contributed by atoms with Crippen LogP contribution in [0.2, 0.25) is 0 Å². The molecule has 0 saturated carbocycles. The van der Waals surface area contributed by atoms with Gasteiger partial charge in [0.1, 0.15) is 11.5 Å². The topological polar surface area (TPSA) is 32.9 Å². The van der Waals surface area contributed by atoms with E-state index in [9.17, 15) is 9.18 Å². The van der Waals surface area contributed by atoms with Crippen molar-refractivity contribution in [1.29, 1.82) is 0 Å². The standard InChI is InChI=1S/C11H9BFNO/c12-11(15)7-5-10(14-6-7)8-3-1-2-4-9(8)13/h1-6,14H,12H2. The molecule has 0 aliphatic heterocycles.